The highest BCUT2D eigenvalue weighted by Gasteiger charge is 2.20. The lowest BCUT2D eigenvalue weighted by molar-refractivity contribution is 0.103. The topological polar surface area (TPSA) is 35.5 Å². The Bertz CT molecular complexity index is 1030. The summed E-state index contributed by atoms with van der Waals surface area (Å²) in [5.41, 5.74) is 2.75. The fourth-order valence-electron chi connectivity index (χ4n) is 4.05. The molecule has 0 N–H and O–H groups in total. The van der Waals surface area contributed by atoms with Gasteiger partial charge in [0.1, 0.15) is 17.2 Å². The van der Waals surface area contributed by atoms with E-state index < -0.39 is 0 Å². The van der Waals surface area contributed by atoms with Crippen molar-refractivity contribution in [2.45, 2.75) is 78.2 Å². The molecule has 0 heterocycles. The first kappa shape index (κ1) is 25.6. The van der Waals surface area contributed by atoms with Crippen LogP contribution in [0.1, 0.15) is 88.2 Å². The zero-order valence-corrected chi connectivity index (χ0v) is 21.3. The molecule has 0 aromatic heterocycles. The molecule has 0 saturated heterocycles. The molecule has 3 heteroatoms. The normalized spacial score (nSPS) is 11.5. The second kappa shape index (κ2) is 11.9. The number of carbonyl (C=O) groups is 1. The molecule has 3 aromatic carbocycles. The van der Waals surface area contributed by atoms with Crippen LogP contribution < -0.4 is 9.47 Å². The SMILES string of the molecule is CCCCC(C)(C)c1ccc(C(=O)c2ccc(Oc3ccc(OC(CC)CC)cc3)cc2)cc1. The van der Waals surface area contributed by atoms with Crippen molar-refractivity contribution in [2.24, 2.45) is 0 Å². The maximum absolute atomic E-state index is 13.0. The Morgan fingerprint density at radius 3 is 1.71 bits per heavy atom. The molecule has 0 aliphatic carbocycles. The van der Waals surface area contributed by atoms with Crippen molar-refractivity contribution in [3.8, 4) is 17.2 Å². The minimum atomic E-state index is 0.0207. The lowest BCUT2D eigenvalue weighted by atomic mass is 9.80. The molecule has 0 spiro atoms. The van der Waals surface area contributed by atoms with Crippen LogP contribution >= 0.6 is 0 Å². The quantitative estimate of drug-likeness (QED) is 0.254. The first-order chi connectivity index (χ1) is 16.4. The Hall–Kier alpha value is -3.07. The lowest BCUT2D eigenvalue weighted by Gasteiger charge is -2.25. The van der Waals surface area contributed by atoms with Gasteiger partial charge in [0.15, 0.2) is 5.78 Å². The molecule has 0 bridgehead atoms. The number of hydrogen-bond donors (Lipinski definition) is 0. The van der Waals surface area contributed by atoms with Crippen LogP contribution in [0.4, 0.5) is 0 Å². The molecular weight excluding hydrogens is 420 g/mol. The molecule has 3 rings (SSSR count). The van der Waals surface area contributed by atoms with Crippen molar-refractivity contribution < 1.29 is 14.3 Å². The van der Waals surface area contributed by atoms with E-state index in [9.17, 15) is 4.79 Å². The Balaban J connectivity index is 1.62. The Morgan fingerprint density at radius 1 is 0.735 bits per heavy atom. The van der Waals surface area contributed by atoms with Gasteiger partial charge in [-0.25, -0.2) is 0 Å². The summed E-state index contributed by atoms with van der Waals surface area (Å²) in [6.45, 7) is 11.0. The summed E-state index contributed by atoms with van der Waals surface area (Å²) in [5, 5.41) is 0. The minimum absolute atomic E-state index is 0.0207. The number of unbranched alkanes of at least 4 members (excludes halogenated alkanes) is 1. The molecule has 0 radical (unpaired) electrons. The van der Waals surface area contributed by atoms with E-state index >= 15 is 0 Å². The van der Waals surface area contributed by atoms with Crippen molar-refractivity contribution in [1.29, 1.82) is 0 Å². The van der Waals surface area contributed by atoms with Crippen molar-refractivity contribution in [3.63, 3.8) is 0 Å². The van der Waals surface area contributed by atoms with Crippen LogP contribution in [0.15, 0.2) is 72.8 Å². The van der Waals surface area contributed by atoms with Crippen molar-refractivity contribution in [2.75, 3.05) is 0 Å². The van der Waals surface area contributed by atoms with E-state index in [0.29, 0.717) is 16.9 Å². The van der Waals surface area contributed by atoms with Crippen LogP contribution in [-0.2, 0) is 5.41 Å². The molecule has 0 aliphatic heterocycles. The molecule has 3 aromatic rings. The van der Waals surface area contributed by atoms with Crippen molar-refractivity contribution in [1.82, 2.24) is 0 Å². The highest BCUT2D eigenvalue weighted by molar-refractivity contribution is 6.09. The fraction of sp³-hybridized carbons (Fsp3) is 0.387. The van der Waals surface area contributed by atoms with E-state index in [1.165, 1.54) is 18.4 Å². The minimum Gasteiger partial charge on any atom is -0.490 e. The number of ether oxygens (including phenoxy) is 2. The van der Waals surface area contributed by atoms with Crippen LogP contribution in [0.2, 0.25) is 0 Å². The molecule has 0 saturated carbocycles. The molecule has 0 atom stereocenters. The summed E-state index contributed by atoms with van der Waals surface area (Å²) in [4.78, 5) is 13.0. The standard InChI is InChI=1S/C31H38O3/c1-6-9-22-31(4,5)25-14-10-23(11-15-25)30(32)24-12-16-27(17-13-24)34-29-20-18-28(19-21-29)33-26(7-2)8-3/h10-21,26H,6-9,22H2,1-5H3. The predicted molar refractivity (Wildman–Crippen MR) is 140 cm³/mol. The van der Waals surface area contributed by atoms with Gasteiger partial charge in [-0.1, -0.05) is 71.7 Å². The van der Waals surface area contributed by atoms with Gasteiger partial charge < -0.3 is 9.47 Å². The van der Waals surface area contributed by atoms with E-state index in [1.807, 2.05) is 60.7 Å². The average molecular weight is 459 g/mol. The number of rotatable bonds is 12. The highest BCUT2D eigenvalue weighted by atomic mass is 16.5. The number of benzene rings is 3. The molecule has 0 aliphatic rings. The highest BCUT2D eigenvalue weighted by Crippen LogP contribution is 2.30. The summed E-state index contributed by atoms with van der Waals surface area (Å²) >= 11 is 0. The van der Waals surface area contributed by atoms with Gasteiger partial charge in [0, 0.05) is 11.1 Å². The van der Waals surface area contributed by atoms with Gasteiger partial charge in [-0.3, -0.25) is 4.79 Å². The predicted octanol–water partition coefficient (Wildman–Crippen LogP) is 8.75. The molecule has 0 amide bonds. The summed E-state index contributed by atoms with van der Waals surface area (Å²) in [7, 11) is 0. The zero-order valence-electron chi connectivity index (χ0n) is 21.3. The summed E-state index contributed by atoms with van der Waals surface area (Å²) < 4.78 is 11.9. The van der Waals surface area contributed by atoms with Crippen LogP contribution in [0.3, 0.4) is 0 Å². The molecule has 180 valence electrons. The Kier molecular flexibility index (Phi) is 8.92. The Labute approximate surface area is 205 Å². The van der Waals surface area contributed by atoms with Crippen molar-refractivity contribution in [3.05, 3.63) is 89.5 Å². The van der Waals surface area contributed by atoms with Crippen LogP contribution in [0, 0.1) is 0 Å². The van der Waals surface area contributed by atoms with E-state index in [2.05, 4.69) is 46.8 Å². The smallest absolute Gasteiger partial charge is 0.193 e. The van der Waals surface area contributed by atoms with E-state index in [4.69, 9.17) is 9.47 Å². The molecular formula is C31H38O3. The van der Waals surface area contributed by atoms with Crippen LogP contribution in [0.5, 0.6) is 17.2 Å². The lowest BCUT2D eigenvalue weighted by Crippen LogP contribution is -2.17. The Morgan fingerprint density at radius 2 is 1.21 bits per heavy atom. The molecule has 3 nitrogen and oxygen atoms in total. The average Bonchev–Trinajstić information content (AvgIpc) is 2.87. The van der Waals surface area contributed by atoms with Crippen LogP contribution in [0.25, 0.3) is 0 Å². The first-order valence-electron chi connectivity index (χ1n) is 12.6. The zero-order chi connectivity index (χ0) is 24.6. The van der Waals surface area contributed by atoms with Crippen LogP contribution in [-0.4, -0.2) is 11.9 Å². The monoisotopic (exact) mass is 458 g/mol. The van der Waals surface area contributed by atoms with Crippen molar-refractivity contribution >= 4 is 5.78 Å². The third kappa shape index (κ3) is 6.72. The van der Waals surface area contributed by atoms with Gasteiger partial charge >= 0.3 is 0 Å². The third-order valence-corrected chi connectivity index (χ3v) is 6.47. The maximum atomic E-state index is 13.0. The van der Waals surface area contributed by atoms with E-state index in [1.54, 1.807) is 0 Å². The fourth-order valence-corrected chi connectivity index (χ4v) is 4.05. The van der Waals surface area contributed by atoms with E-state index in [-0.39, 0.29) is 17.3 Å². The van der Waals surface area contributed by atoms with Gasteiger partial charge in [0.2, 0.25) is 0 Å². The van der Waals surface area contributed by atoms with Gasteiger partial charge in [-0.05, 0) is 78.8 Å². The van der Waals surface area contributed by atoms with Gasteiger partial charge in [-0.2, -0.15) is 0 Å². The number of hydrogen-bond acceptors (Lipinski definition) is 3. The molecule has 0 unspecified atom stereocenters. The number of ketones is 1. The first-order valence-corrected chi connectivity index (χ1v) is 12.6. The van der Waals surface area contributed by atoms with Gasteiger partial charge in [-0.15, -0.1) is 0 Å². The van der Waals surface area contributed by atoms with E-state index in [0.717, 1.165) is 30.8 Å². The van der Waals surface area contributed by atoms with Gasteiger partial charge in [0.05, 0.1) is 6.10 Å². The summed E-state index contributed by atoms with van der Waals surface area (Å²) in [6, 6.07) is 23.1. The number of carbonyl (C=O) groups excluding carboxylic acids is 1. The summed E-state index contributed by atoms with van der Waals surface area (Å²) in [5.74, 6) is 2.30. The largest absolute Gasteiger partial charge is 0.490 e. The summed E-state index contributed by atoms with van der Waals surface area (Å²) in [6.07, 6.45) is 5.75. The second-order valence-corrected chi connectivity index (χ2v) is 9.55. The third-order valence-electron chi connectivity index (χ3n) is 6.47. The second-order valence-electron chi connectivity index (χ2n) is 9.55. The molecule has 34 heavy (non-hydrogen) atoms. The maximum Gasteiger partial charge on any atom is 0.193 e. The molecule has 0 fully saturated rings. The van der Waals surface area contributed by atoms with Gasteiger partial charge in [0.25, 0.3) is 0 Å².